The number of hydrogen-bond donors (Lipinski definition) is 2. The Morgan fingerprint density at radius 3 is 2.63 bits per heavy atom. The van der Waals surface area contributed by atoms with Crippen LogP contribution in [0, 0.1) is 0 Å². The van der Waals surface area contributed by atoms with Gasteiger partial charge in [0.1, 0.15) is 5.75 Å². The molecule has 0 aliphatic carbocycles. The van der Waals surface area contributed by atoms with Crippen molar-refractivity contribution in [1.82, 2.24) is 10.3 Å². The Kier molecular flexibility index (Phi) is 4.83. The van der Waals surface area contributed by atoms with Gasteiger partial charge in [-0.2, -0.15) is 4.83 Å². The molecule has 0 unspecified atom stereocenters. The summed E-state index contributed by atoms with van der Waals surface area (Å²) < 4.78 is 5.07. The van der Waals surface area contributed by atoms with Crippen molar-refractivity contribution in [3.63, 3.8) is 0 Å². The lowest BCUT2D eigenvalue weighted by molar-refractivity contribution is 0.0946. The minimum Gasteiger partial charge on any atom is -0.497 e. The molecule has 0 saturated carbocycles. The fourth-order valence-electron chi connectivity index (χ4n) is 1.46. The van der Waals surface area contributed by atoms with Crippen molar-refractivity contribution >= 4 is 17.9 Å². The Morgan fingerprint density at radius 1 is 1.11 bits per heavy atom. The molecule has 0 atom stereocenters. The zero-order valence-electron chi connectivity index (χ0n) is 10.4. The minimum atomic E-state index is -0.206. The molecule has 98 valence electrons. The largest absolute Gasteiger partial charge is 0.497 e. The van der Waals surface area contributed by atoms with Gasteiger partial charge in [0.15, 0.2) is 0 Å². The van der Waals surface area contributed by atoms with Crippen LogP contribution in [0.15, 0.2) is 59.5 Å². The number of nitrogens with one attached hydrogen (secondary N) is 2. The van der Waals surface area contributed by atoms with E-state index >= 15 is 0 Å². The molecule has 0 saturated heterocycles. The second-order valence-corrected chi connectivity index (χ2v) is 4.58. The summed E-state index contributed by atoms with van der Waals surface area (Å²) in [6, 6.07) is 16.7. The van der Waals surface area contributed by atoms with Crippen LogP contribution in [0.2, 0.25) is 0 Å². The van der Waals surface area contributed by atoms with Crippen LogP contribution < -0.4 is 15.0 Å². The van der Waals surface area contributed by atoms with E-state index in [2.05, 4.69) is 10.3 Å². The Balaban J connectivity index is 1.87. The van der Waals surface area contributed by atoms with E-state index in [1.807, 2.05) is 30.3 Å². The zero-order valence-corrected chi connectivity index (χ0v) is 11.2. The number of hydrazine groups is 1. The number of amides is 1. The van der Waals surface area contributed by atoms with E-state index in [9.17, 15) is 4.79 Å². The van der Waals surface area contributed by atoms with E-state index < -0.39 is 0 Å². The summed E-state index contributed by atoms with van der Waals surface area (Å²) in [6.45, 7) is 0. The van der Waals surface area contributed by atoms with Gasteiger partial charge in [-0.05, 0) is 42.3 Å². The summed E-state index contributed by atoms with van der Waals surface area (Å²) in [5.74, 6) is 0.450. The molecule has 0 fully saturated rings. The quantitative estimate of drug-likeness (QED) is 0.650. The molecule has 0 spiro atoms. The van der Waals surface area contributed by atoms with Gasteiger partial charge in [0.2, 0.25) is 0 Å². The van der Waals surface area contributed by atoms with Crippen molar-refractivity contribution in [1.29, 1.82) is 0 Å². The number of benzene rings is 2. The Hall–Kier alpha value is -1.98. The van der Waals surface area contributed by atoms with Crippen LogP contribution >= 0.6 is 11.9 Å². The lowest BCUT2D eigenvalue weighted by Gasteiger charge is -2.07. The number of carbonyl (C=O) groups excluding carboxylic acids is 1. The second-order valence-electron chi connectivity index (χ2n) is 3.70. The highest BCUT2D eigenvalue weighted by molar-refractivity contribution is 7.97. The van der Waals surface area contributed by atoms with E-state index in [0.29, 0.717) is 11.3 Å². The normalized spacial score (nSPS) is 9.95. The fourth-order valence-corrected chi connectivity index (χ4v) is 2.01. The monoisotopic (exact) mass is 274 g/mol. The third-order valence-corrected chi connectivity index (χ3v) is 3.12. The summed E-state index contributed by atoms with van der Waals surface area (Å²) in [7, 11) is 1.57. The van der Waals surface area contributed by atoms with Crippen molar-refractivity contribution in [2.45, 2.75) is 4.90 Å². The van der Waals surface area contributed by atoms with Crippen LogP contribution in [0.4, 0.5) is 0 Å². The predicted molar refractivity (Wildman–Crippen MR) is 75.9 cm³/mol. The molecule has 0 aromatic heterocycles. The molecule has 4 nitrogen and oxygen atoms in total. The highest BCUT2D eigenvalue weighted by Gasteiger charge is 2.05. The Bertz CT molecular complexity index is 546. The van der Waals surface area contributed by atoms with Gasteiger partial charge in [-0.25, -0.2) is 0 Å². The lowest BCUT2D eigenvalue weighted by atomic mass is 10.2. The van der Waals surface area contributed by atoms with Crippen LogP contribution in [-0.2, 0) is 0 Å². The van der Waals surface area contributed by atoms with Gasteiger partial charge in [0.05, 0.1) is 7.11 Å². The lowest BCUT2D eigenvalue weighted by Crippen LogP contribution is -2.32. The summed E-state index contributed by atoms with van der Waals surface area (Å²) >= 11 is 1.34. The molecule has 19 heavy (non-hydrogen) atoms. The molecular formula is C14H14N2O2S. The summed E-state index contributed by atoms with van der Waals surface area (Å²) in [5.41, 5.74) is 3.16. The Labute approximate surface area is 116 Å². The standard InChI is InChI=1S/C14H14N2O2S/c1-18-12-7-5-6-11(10-12)14(17)15-16-19-13-8-3-2-4-9-13/h2-10,16H,1H3,(H,15,17). The first-order valence-electron chi connectivity index (χ1n) is 5.71. The van der Waals surface area contributed by atoms with Gasteiger partial charge in [0.25, 0.3) is 5.91 Å². The summed E-state index contributed by atoms with van der Waals surface area (Å²) in [6.07, 6.45) is 0. The number of hydrogen-bond acceptors (Lipinski definition) is 4. The van der Waals surface area contributed by atoms with Crippen molar-refractivity contribution in [3.05, 3.63) is 60.2 Å². The minimum absolute atomic E-state index is 0.206. The third kappa shape index (κ3) is 4.01. The van der Waals surface area contributed by atoms with Gasteiger partial charge >= 0.3 is 0 Å². The highest BCUT2D eigenvalue weighted by Crippen LogP contribution is 2.13. The molecule has 0 bridgehead atoms. The van der Waals surface area contributed by atoms with E-state index in [0.717, 1.165) is 4.90 Å². The number of rotatable bonds is 5. The van der Waals surface area contributed by atoms with Crippen LogP contribution in [0.3, 0.4) is 0 Å². The van der Waals surface area contributed by atoms with Crippen molar-refractivity contribution in [2.24, 2.45) is 0 Å². The highest BCUT2D eigenvalue weighted by atomic mass is 32.2. The first kappa shape index (κ1) is 13.5. The molecule has 0 radical (unpaired) electrons. The maximum absolute atomic E-state index is 11.9. The zero-order chi connectivity index (χ0) is 13.5. The van der Waals surface area contributed by atoms with E-state index in [1.54, 1.807) is 31.4 Å². The molecule has 2 aromatic carbocycles. The van der Waals surface area contributed by atoms with Gasteiger partial charge in [0, 0.05) is 10.5 Å². The molecule has 0 aliphatic heterocycles. The summed E-state index contributed by atoms with van der Waals surface area (Å²) in [5, 5.41) is 0. The SMILES string of the molecule is COc1cccc(C(=O)NNSc2ccccc2)c1. The van der Waals surface area contributed by atoms with Crippen molar-refractivity contribution < 1.29 is 9.53 Å². The molecule has 2 rings (SSSR count). The second kappa shape index (κ2) is 6.82. The molecule has 0 aliphatic rings. The number of ether oxygens (including phenoxy) is 1. The molecular weight excluding hydrogens is 260 g/mol. The van der Waals surface area contributed by atoms with E-state index in [1.165, 1.54) is 11.9 Å². The van der Waals surface area contributed by atoms with Crippen molar-refractivity contribution in [2.75, 3.05) is 7.11 Å². The molecule has 2 N–H and O–H groups in total. The van der Waals surface area contributed by atoms with Crippen LogP contribution in [-0.4, -0.2) is 13.0 Å². The molecule has 5 heteroatoms. The average Bonchev–Trinajstić information content (AvgIpc) is 2.48. The summed E-state index contributed by atoms with van der Waals surface area (Å²) in [4.78, 5) is 15.7. The molecule has 2 aromatic rings. The molecule has 1 amide bonds. The first-order chi connectivity index (χ1) is 9.29. The first-order valence-corrected chi connectivity index (χ1v) is 6.52. The van der Waals surface area contributed by atoms with Crippen LogP contribution in [0.1, 0.15) is 10.4 Å². The van der Waals surface area contributed by atoms with Gasteiger partial charge in [-0.15, -0.1) is 0 Å². The van der Waals surface area contributed by atoms with Gasteiger partial charge in [-0.1, -0.05) is 24.3 Å². The van der Waals surface area contributed by atoms with Crippen LogP contribution in [0.5, 0.6) is 5.75 Å². The molecule has 0 heterocycles. The predicted octanol–water partition coefficient (Wildman–Crippen LogP) is 2.64. The third-order valence-electron chi connectivity index (χ3n) is 2.41. The van der Waals surface area contributed by atoms with Gasteiger partial charge < -0.3 is 4.74 Å². The average molecular weight is 274 g/mol. The number of methoxy groups -OCH3 is 1. The fraction of sp³-hybridized carbons (Fsp3) is 0.0714. The topological polar surface area (TPSA) is 50.4 Å². The van der Waals surface area contributed by atoms with Gasteiger partial charge in [-0.3, -0.25) is 10.2 Å². The Morgan fingerprint density at radius 2 is 1.89 bits per heavy atom. The maximum Gasteiger partial charge on any atom is 0.266 e. The smallest absolute Gasteiger partial charge is 0.266 e. The van der Waals surface area contributed by atoms with Crippen LogP contribution in [0.25, 0.3) is 0 Å². The maximum atomic E-state index is 11.9. The van der Waals surface area contributed by atoms with E-state index in [4.69, 9.17) is 4.74 Å². The van der Waals surface area contributed by atoms with E-state index in [-0.39, 0.29) is 5.91 Å². The number of carbonyl (C=O) groups is 1. The van der Waals surface area contributed by atoms with Crippen molar-refractivity contribution in [3.8, 4) is 5.75 Å².